The highest BCUT2D eigenvalue weighted by molar-refractivity contribution is 6.46. The first kappa shape index (κ1) is 20.5. The van der Waals surface area contributed by atoms with Gasteiger partial charge < -0.3 is 19.5 Å². The molecule has 3 rings (SSSR count). The van der Waals surface area contributed by atoms with Crippen molar-refractivity contribution in [3.63, 3.8) is 0 Å². The third-order valence-electron chi connectivity index (χ3n) is 4.68. The van der Waals surface area contributed by atoms with Crippen molar-refractivity contribution in [1.82, 2.24) is 4.90 Å². The number of hydrogen-bond acceptors (Lipinski definition) is 5. The second-order valence-corrected chi connectivity index (χ2v) is 6.50. The van der Waals surface area contributed by atoms with Crippen molar-refractivity contribution < 1.29 is 28.6 Å². The van der Waals surface area contributed by atoms with E-state index in [1.165, 1.54) is 36.3 Å². The van der Waals surface area contributed by atoms with E-state index in [2.05, 4.69) is 0 Å². The van der Waals surface area contributed by atoms with Crippen LogP contribution in [0.3, 0.4) is 0 Å². The van der Waals surface area contributed by atoms with Crippen LogP contribution in [0.25, 0.3) is 5.76 Å². The van der Waals surface area contributed by atoms with Gasteiger partial charge in [-0.05, 0) is 36.8 Å². The van der Waals surface area contributed by atoms with Gasteiger partial charge in [-0.2, -0.15) is 0 Å². The number of likely N-dealkylation sites (tertiary alicyclic amines) is 1. The van der Waals surface area contributed by atoms with Crippen LogP contribution in [0.1, 0.15) is 24.1 Å². The molecule has 0 saturated carbocycles. The van der Waals surface area contributed by atoms with Crippen LogP contribution in [-0.2, 0) is 14.3 Å². The Morgan fingerprint density at radius 3 is 2.55 bits per heavy atom. The predicted molar refractivity (Wildman–Crippen MR) is 105 cm³/mol. The zero-order valence-corrected chi connectivity index (χ0v) is 16.2. The molecule has 6 nitrogen and oxygen atoms in total. The Labute approximate surface area is 168 Å². The number of aliphatic hydroxyl groups excluding tert-OH is 1. The quantitative estimate of drug-likeness (QED) is 0.439. The lowest BCUT2D eigenvalue weighted by atomic mass is 9.95. The molecule has 1 N–H and O–H groups in total. The van der Waals surface area contributed by atoms with Crippen LogP contribution < -0.4 is 4.74 Å². The highest BCUT2D eigenvalue weighted by atomic mass is 19.1. The third kappa shape index (κ3) is 4.14. The standard InChI is InChI=1S/C22H22FNO5/c1-3-29-17-6-4-5-15(13-17)20(25)18-19(14-7-9-16(23)10-8-14)24(11-12-28-2)22(27)21(18)26/h4-10,13,19,25H,3,11-12H2,1-2H3/b20-18-. The number of carbonyl (C=O) groups excluding carboxylic acids is 2. The second kappa shape index (κ2) is 8.87. The van der Waals surface area contributed by atoms with Gasteiger partial charge in [0, 0.05) is 19.2 Å². The number of benzene rings is 2. The first-order valence-electron chi connectivity index (χ1n) is 9.24. The molecule has 1 amide bonds. The van der Waals surface area contributed by atoms with Crippen LogP contribution in [0.15, 0.2) is 54.1 Å². The Hall–Kier alpha value is -3.19. The number of hydrogen-bond donors (Lipinski definition) is 1. The molecule has 1 aliphatic heterocycles. The number of halogens is 1. The minimum atomic E-state index is -0.846. The van der Waals surface area contributed by atoms with Gasteiger partial charge in [-0.1, -0.05) is 24.3 Å². The summed E-state index contributed by atoms with van der Waals surface area (Å²) in [6.45, 7) is 2.65. The Morgan fingerprint density at radius 1 is 1.17 bits per heavy atom. The van der Waals surface area contributed by atoms with Crippen molar-refractivity contribution in [2.45, 2.75) is 13.0 Å². The van der Waals surface area contributed by atoms with Crippen LogP contribution in [0.2, 0.25) is 0 Å². The fourth-order valence-electron chi connectivity index (χ4n) is 3.35. The van der Waals surface area contributed by atoms with Crippen LogP contribution in [0, 0.1) is 5.82 Å². The molecule has 2 aromatic rings. The number of rotatable bonds is 7. The smallest absolute Gasteiger partial charge is 0.295 e. The molecule has 2 aromatic carbocycles. The van der Waals surface area contributed by atoms with E-state index < -0.39 is 23.5 Å². The van der Waals surface area contributed by atoms with Crippen LogP contribution in [-0.4, -0.2) is 48.6 Å². The van der Waals surface area contributed by atoms with E-state index in [1.807, 2.05) is 6.92 Å². The minimum Gasteiger partial charge on any atom is -0.507 e. The molecule has 1 saturated heterocycles. The van der Waals surface area contributed by atoms with Crippen molar-refractivity contribution in [3.05, 3.63) is 71.0 Å². The van der Waals surface area contributed by atoms with E-state index in [1.54, 1.807) is 24.3 Å². The third-order valence-corrected chi connectivity index (χ3v) is 4.68. The van der Waals surface area contributed by atoms with Crippen molar-refractivity contribution >= 4 is 17.4 Å². The van der Waals surface area contributed by atoms with Gasteiger partial charge in [0.1, 0.15) is 17.3 Å². The zero-order valence-electron chi connectivity index (χ0n) is 16.2. The lowest BCUT2D eigenvalue weighted by Crippen LogP contribution is -2.32. The van der Waals surface area contributed by atoms with Gasteiger partial charge in [0.15, 0.2) is 0 Å². The number of carbonyl (C=O) groups is 2. The second-order valence-electron chi connectivity index (χ2n) is 6.50. The molecule has 0 aliphatic carbocycles. The number of aliphatic hydroxyl groups is 1. The first-order chi connectivity index (χ1) is 14.0. The summed E-state index contributed by atoms with van der Waals surface area (Å²) in [4.78, 5) is 26.8. The van der Waals surface area contributed by atoms with Crippen molar-refractivity contribution in [2.75, 3.05) is 26.9 Å². The van der Waals surface area contributed by atoms with E-state index in [0.717, 1.165) is 0 Å². The Bertz CT molecular complexity index is 938. The van der Waals surface area contributed by atoms with Gasteiger partial charge in [0.25, 0.3) is 11.7 Å². The molecule has 1 fully saturated rings. The molecular formula is C22H22FNO5. The van der Waals surface area contributed by atoms with E-state index in [9.17, 15) is 19.1 Å². The molecular weight excluding hydrogens is 377 g/mol. The number of methoxy groups -OCH3 is 1. The van der Waals surface area contributed by atoms with Gasteiger partial charge in [0.2, 0.25) is 0 Å². The Morgan fingerprint density at radius 2 is 1.90 bits per heavy atom. The van der Waals surface area contributed by atoms with Crippen molar-refractivity contribution in [2.24, 2.45) is 0 Å². The Balaban J connectivity index is 2.13. The van der Waals surface area contributed by atoms with E-state index in [4.69, 9.17) is 9.47 Å². The summed E-state index contributed by atoms with van der Waals surface area (Å²) >= 11 is 0. The molecule has 1 aliphatic rings. The SMILES string of the molecule is CCOc1cccc(/C(O)=C2/C(=O)C(=O)N(CCOC)C2c2ccc(F)cc2)c1. The lowest BCUT2D eigenvalue weighted by molar-refractivity contribution is -0.140. The largest absolute Gasteiger partial charge is 0.507 e. The maximum Gasteiger partial charge on any atom is 0.295 e. The maximum absolute atomic E-state index is 13.4. The number of nitrogens with zero attached hydrogens (tertiary/aromatic N) is 1. The molecule has 29 heavy (non-hydrogen) atoms. The van der Waals surface area contributed by atoms with Crippen molar-refractivity contribution in [3.8, 4) is 5.75 Å². The summed E-state index contributed by atoms with van der Waals surface area (Å²) in [6, 6.07) is 11.3. The predicted octanol–water partition coefficient (Wildman–Crippen LogP) is 3.29. The topological polar surface area (TPSA) is 76.1 Å². The summed E-state index contributed by atoms with van der Waals surface area (Å²) in [5, 5.41) is 10.9. The fourth-order valence-corrected chi connectivity index (χ4v) is 3.35. The average molecular weight is 399 g/mol. The molecule has 1 atom stereocenters. The van der Waals surface area contributed by atoms with Gasteiger partial charge in [-0.25, -0.2) is 4.39 Å². The normalized spacial score (nSPS) is 18.3. The van der Waals surface area contributed by atoms with E-state index in [-0.39, 0.29) is 24.5 Å². The summed E-state index contributed by atoms with van der Waals surface area (Å²) in [5.41, 5.74) is 0.823. The molecule has 0 bridgehead atoms. The summed E-state index contributed by atoms with van der Waals surface area (Å²) in [5.74, 6) is -1.75. The number of ketones is 1. The molecule has 7 heteroatoms. The first-order valence-corrected chi connectivity index (χ1v) is 9.24. The highest BCUT2D eigenvalue weighted by Gasteiger charge is 2.45. The van der Waals surface area contributed by atoms with Gasteiger partial charge in [0.05, 0.1) is 24.8 Å². The van der Waals surface area contributed by atoms with E-state index in [0.29, 0.717) is 23.5 Å². The minimum absolute atomic E-state index is 0.0497. The van der Waals surface area contributed by atoms with Gasteiger partial charge in [-0.3, -0.25) is 9.59 Å². The number of ether oxygens (including phenoxy) is 2. The van der Waals surface area contributed by atoms with E-state index >= 15 is 0 Å². The van der Waals surface area contributed by atoms with Crippen LogP contribution in [0.5, 0.6) is 5.75 Å². The summed E-state index contributed by atoms with van der Waals surface area (Å²) in [6.07, 6.45) is 0. The summed E-state index contributed by atoms with van der Waals surface area (Å²) < 4.78 is 23.9. The molecule has 0 spiro atoms. The molecule has 0 aromatic heterocycles. The molecule has 1 heterocycles. The molecule has 1 unspecified atom stereocenters. The average Bonchev–Trinajstić information content (AvgIpc) is 2.97. The monoisotopic (exact) mass is 399 g/mol. The maximum atomic E-state index is 13.4. The van der Waals surface area contributed by atoms with Gasteiger partial charge >= 0.3 is 0 Å². The molecule has 0 radical (unpaired) electrons. The lowest BCUT2D eigenvalue weighted by Gasteiger charge is -2.25. The summed E-state index contributed by atoms with van der Waals surface area (Å²) in [7, 11) is 1.49. The van der Waals surface area contributed by atoms with Crippen LogP contribution in [0.4, 0.5) is 4.39 Å². The van der Waals surface area contributed by atoms with Crippen LogP contribution >= 0.6 is 0 Å². The Kier molecular flexibility index (Phi) is 6.29. The number of Topliss-reactive ketones (excluding diaryl/α,β-unsaturated/α-hetero) is 1. The molecule has 152 valence electrons. The fraction of sp³-hybridized carbons (Fsp3) is 0.273. The zero-order chi connectivity index (χ0) is 21.0. The highest BCUT2D eigenvalue weighted by Crippen LogP contribution is 2.39. The van der Waals surface area contributed by atoms with Crippen molar-refractivity contribution in [1.29, 1.82) is 0 Å². The number of amides is 1. The van der Waals surface area contributed by atoms with Gasteiger partial charge in [-0.15, -0.1) is 0 Å².